The van der Waals surface area contributed by atoms with Gasteiger partial charge in [-0.2, -0.15) is 0 Å². The predicted molar refractivity (Wildman–Crippen MR) is 64.2 cm³/mol. The summed E-state index contributed by atoms with van der Waals surface area (Å²) < 4.78 is 6.05. The van der Waals surface area contributed by atoms with E-state index in [1.54, 1.807) is 0 Å². The van der Waals surface area contributed by atoms with E-state index >= 15 is 0 Å². The molecule has 1 saturated carbocycles. The number of aliphatic hydroxyl groups is 2. The van der Waals surface area contributed by atoms with Gasteiger partial charge in [0.15, 0.2) is 0 Å². The van der Waals surface area contributed by atoms with Crippen LogP contribution in [0.5, 0.6) is 0 Å². The molecule has 2 atom stereocenters. The average Bonchev–Trinajstić information content (AvgIpc) is 2.28. The molecule has 0 aliphatic heterocycles. The highest BCUT2D eigenvalue weighted by Crippen LogP contribution is 2.42. The molecule has 0 spiro atoms. The summed E-state index contributed by atoms with van der Waals surface area (Å²) in [5, 5.41) is 18.3. The van der Waals surface area contributed by atoms with E-state index in [4.69, 9.17) is 14.9 Å². The second-order valence-electron chi connectivity index (χ2n) is 5.36. The van der Waals surface area contributed by atoms with Crippen LogP contribution in [0.25, 0.3) is 0 Å². The van der Waals surface area contributed by atoms with Crippen molar-refractivity contribution in [2.45, 2.75) is 58.2 Å². The minimum absolute atomic E-state index is 0.0995. The van der Waals surface area contributed by atoms with Gasteiger partial charge in [-0.25, -0.2) is 0 Å². The first-order valence-corrected chi connectivity index (χ1v) is 6.46. The quantitative estimate of drug-likeness (QED) is 0.759. The van der Waals surface area contributed by atoms with Crippen LogP contribution in [0, 0.1) is 11.8 Å². The number of hydrogen-bond donors (Lipinski definition) is 2. The lowest BCUT2D eigenvalue weighted by molar-refractivity contribution is -0.185. The van der Waals surface area contributed by atoms with E-state index in [1.165, 1.54) is 19.3 Å². The Bertz CT molecular complexity index is 201. The highest BCUT2D eigenvalue weighted by Gasteiger charge is 2.43. The molecule has 3 nitrogen and oxygen atoms in total. The third-order valence-corrected chi connectivity index (χ3v) is 4.06. The molecule has 0 bridgehead atoms. The summed E-state index contributed by atoms with van der Waals surface area (Å²) in [6, 6.07) is 0. The van der Waals surface area contributed by atoms with Gasteiger partial charge in [-0.05, 0) is 24.7 Å². The molecule has 1 rings (SSSR count). The lowest BCUT2D eigenvalue weighted by Gasteiger charge is -2.47. The fourth-order valence-electron chi connectivity index (χ4n) is 2.95. The van der Waals surface area contributed by atoms with Crippen LogP contribution < -0.4 is 0 Å². The summed E-state index contributed by atoms with van der Waals surface area (Å²) in [7, 11) is 0. The van der Waals surface area contributed by atoms with Gasteiger partial charge in [0.05, 0.1) is 18.8 Å². The summed E-state index contributed by atoms with van der Waals surface area (Å²) >= 11 is 0. The van der Waals surface area contributed by atoms with Gasteiger partial charge in [0, 0.05) is 0 Å². The fourth-order valence-corrected chi connectivity index (χ4v) is 2.95. The lowest BCUT2D eigenvalue weighted by atomic mass is 9.70. The van der Waals surface area contributed by atoms with Crippen LogP contribution >= 0.6 is 0 Å². The Labute approximate surface area is 98.8 Å². The third-order valence-electron chi connectivity index (χ3n) is 4.06. The molecule has 1 fully saturated rings. The zero-order chi connectivity index (χ0) is 12.2. The SMILES string of the molecule is CC(C)C1(OC(CO)CO)CCCCC1C. The van der Waals surface area contributed by atoms with E-state index < -0.39 is 6.10 Å². The standard InChI is InChI=1S/C13H26O3/c1-10(2)13(16-12(8-14)9-15)7-5-4-6-11(13)3/h10-12,14-15H,4-9H2,1-3H3. The molecule has 0 aromatic carbocycles. The largest absolute Gasteiger partial charge is 0.394 e. The normalized spacial score (nSPS) is 31.3. The molecule has 1 aliphatic rings. The van der Waals surface area contributed by atoms with E-state index in [9.17, 15) is 0 Å². The van der Waals surface area contributed by atoms with Crippen LogP contribution in [0.1, 0.15) is 46.5 Å². The van der Waals surface area contributed by atoms with Crippen molar-refractivity contribution in [1.82, 2.24) is 0 Å². The summed E-state index contributed by atoms with van der Waals surface area (Å²) in [4.78, 5) is 0. The first-order valence-electron chi connectivity index (χ1n) is 6.46. The summed E-state index contributed by atoms with van der Waals surface area (Å²) in [5.41, 5.74) is -0.158. The van der Waals surface area contributed by atoms with E-state index in [1.807, 2.05) is 0 Å². The number of rotatable bonds is 5. The average molecular weight is 230 g/mol. The minimum Gasteiger partial charge on any atom is -0.394 e. The number of ether oxygens (including phenoxy) is 1. The van der Waals surface area contributed by atoms with Crippen molar-refractivity contribution in [1.29, 1.82) is 0 Å². The van der Waals surface area contributed by atoms with Gasteiger partial charge in [0.1, 0.15) is 6.10 Å². The minimum atomic E-state index is -0.428. The zero-order valence-corrected chi connectivity index (χ0v) is 10.8. The van der Waals surface area contributed by atoms with E-state index in [2.05, 4.69) is 20.8 Å². The molecular weight excluding hydrogens is 204 g/mol. The molecular formula is C13H26O3. The van der Waals surface area contributed by atoms with Crippen LogP contribution in [0.4, 0.5) is 0 Å². The predicted octanol–water partition coefficient (Wildman–Crippen LogP) is 1.96. The molecule has 0 aromatic rings. The van der Waals surface area contributed by atoms with Crippen LogP contribution in [0.2, 0.25) is 0 Å². The second kappa shape index (κ2) is 5.99. The van der Waals surface area contributed by atoms with Gasteiger partial charge in [0.25, 0.3) is 0 Å². The summed E-state index contributed by atoms with van der Waals surface area (Å²) in [6.45, 7) is 6.38. The number of aliphatic hydroxyl groups excluding tert-OH is 2. The van der Waals surface area contributed by atoms with E-state index in [0.29, 0.717) is 11.8 Å². The molecule has 2 unspecified atom stereocenters. The molecule has 3 heteroatoms. The van der Waals surface area contributed by atoms with Crippen molar-refractivity contribution >= 4 is 0 Å². The van der Waals surface area contributed by atoms with Gasteiger partial charge >= 0.3 is 0 Å². The summed E-state index contributed by atoms with van der Waals surface area (Å²) in [6.07, 6.45) is 4.25. The highest BCUT2D eigenvalue weighted by molar-refractivity contribution is 4.93. The van der Waals surface area contributed by atoms with Crippen molar-refractivity contribution in [3.63, 3.8) is 0 Å². The van der Waals surface area contributed by atoms with Crippen molar-refractivity contribution < 1.29 is 14.9 Å². The smallest absolute Gasteiger partial charge is 0.104 e. The van der Waals surface area contributed by atoms with Crippen molar-refractivity contribution in [2.75, 3.05) is 13.2 Å². The van der Waals surface area contributed by atoms with Crippen LogP contribution in [-0.2, 0) is 4.74 Å². The zero-order valence-electron chi connectivity index (χ0n) is 10.8. The van der Waals surface area contributed by atoms with Crippen molar-refractivity contribution in [3.8, 4) is 0 Å². The third kappa shape index (κ3) is 2.76. The van der Waals surface area contributed by atoms with Gasteiger partial charge < -0.3 is 14.9 Å². The fraction of sp³-hybridized carbons (Fsp3) is 1.00. The number of hydrogen-bond acceptors (Lipinski definition) is 3. The maximum Gasteiger partial charge on any atom is 0.104 e. The van der Waals surface area contributed by atoms with Gasteiger partial charge in [-0.1, -0.05) is 33.6 Å². The Morgan fingerprint density at radius 2 is 1.88 bits per heavy atom. The van der Waals surface area contributed by atoms with Crippen LogP contribution in [0.15, 0.2) is 0 Å². The maximum absolute atomic E-state index is 9.15. The Morgan fingerprint density at radius 1 is 1.25 bits per heavy atom. The molecule has 16 heavy (non-hydrogen) atoms. The van der Waals surface area contributed by atoms with E-state index in [-0.39, 0.29) is 18.8 Å². The molecule has 0 heterocycles. The monoisotopic (exact) mass is 230 g/mol. The van der Waals surface area contributed by atoms with Crippen molar-refractivity contribution in [2.24, 2.45) is 11.8 Å². The molecule has 2 N–H and O–H groups in total. The highest BCUT2D eigenvalue weighted by atomic mass is 16.5. The molecule has 0 saturated heterocycles. The second-order valence-corrected chi connectivity index (χ2v) is 5.36. The van der Waals surface area contributed by atoms with Gasteiger partial charge in [-0.3, -0.25) is 0 Å². The van der Waals surface area contributed by atoms with Gasteiger partial charge in [-0.15, -0.1) is 0 Å². The Kier molecular flexibility index (Phi) is 5.22. The Morgan fingerprint density at radius 3 is 2.31 bits per heavy atom. The van der Waals surface area contributed by atoms with Crippen molar-refractivity contribution in [3.05, 3.63) is 0 Å². The van der Waals surface area contributed by atoms with E-state index in [0.717, 1.165) is 6.42 Å². The lowest BCUT2D eigenvalue weighted by Crippen LogP contribution is -2.50. The molecule has 0 aromatic heterocycles. The van der Waals surface area contributed by atoms with Crippen LogP contribution in [-0.4, -0.2) is 35.1 Å². The first kappa shape index (κ1) is 13.9. The summed E-state index contributed by atoms with van der Waals surface area (Å²) in [5.74, 6) is 0.922. The topological polar surface area (TPSA) is 49.7 Å². The van der Waals surface area contributed by atoms with Crippen LogP contribution in [0.3, 0.4) is 0 Å². The Balaban J connectivity index is 2.78. The molecule has 1 aliphatic carbocycles. The first-order chi connectivity index (χ1) is 7.56. The Hall–Kier alpha value is -0.120. The molecule has 0 radical (unpaired) electrons. The molecule has 0 amide bonds. The maximum atomic E-state index is 9.15. The van der Waals surface area contributed by atoms with Gasteiger partial charge in [0.2, 0.25) is 0 Å². The molecule has 96 valence electrons.